The van der Waals surface area contributed by atoms with Gasteiger partial charge in [0.15, 0.2) is 6.61 Å². The summed E-state index contributed by atoms with van der Waals surface area (Å²) >= 11 is 12.1. The van der Waals surface area contributed by atoms with Gasteiger partial charge in [-0.2, -0.15) is 0 Å². The summed E-state index contributed by atoms with van der Waals surface area (Å²) in [6.45, 7) is 0.525. The number of Topliss-reactive ketones (excluding diaryl/α,β-unsaturated/α-hetero) is 1. The van der Waals surface area contributed by atoms with Gasteiger partial charge in [-0.1, -0.05) is 35.7 Å². The molecule has 1 aromatic carbocycles. The zero-order valence-electron chi connectivity index (χ0n) is 23.4. The van der Waals surface area contributed by atoms with E-state index in [4.69, 9.17) is 27.9 Å². The number of nitrogens with zero attached hydrogens (tertiary/aromatic N) is 2. The lowest BCUT2D eigenvalue weighted by molar-refractivity contribution is -0.144. The molecule has 5 atom stereocenters. The number of rotatable bonds is 11. The van der Waals surface area contributed by atoms with Gasteiger partial charge < -0.3 is 25.6 Å². The number of halogens is 2. The number of likely N-dealkylation sites (tertiary alicyclic amines) is 1. The summed E-state index contributed by atoms with van der Waals surface area (Å²) in [6, 6.07) is 7.79. The highest BCUT2D eigenvalue weighted by molar-refractivity contribution is 6.38. The van der Waals surface area contributed by atoms with E-state index in [1.165, 1.54) is 11.0 Å². The topological polar surface area (TPSA) is 147 Å². The molecule has 228 valence electrons. The molecule has 0 bridgehead atoms. The minimum absolute atomic E-state index is 0.0274. The standard InChI is InChI=1S/C30H33Cl2N5O6/c31-19-7-8-24(22(32)13-19)43-16-25(38)37-15-18-4-3-6-21(18)26(37)29(41)36-23(12-17-9-11-34-28(17)40)27(39)30(42)35-14-20-5-1-2-10-33-20/h1-2,5,7-8,10,13,17-18,21,23,26H,3-4,6,9,11-12,14-16H2,(H,34,40)(H,35,42)(H,36,41)/t17-,18-,21-,23-,26-/m0/s1. The number of fused-ring (bicyclic) bond motifs is 1. The van der Waals surface area contributed by atoms with E-state index in [2.05, 4.69) is 20.9 Å². The number of ether oxygens (including phenoxy) is 1. The van der Waals surface area contributed by atoms with Crippen molar-refractivity contribution in [2.45, 2.75) is 50.7 Å². The first-order chi connectivity index (χ1) is 20.7. The Balaban J connectivity index is 1.29. The molecule has 3 N–H and O–H groups in total. The van der Waals surface area contributed by atoms with E-state index < -0.39 is 41.5 Å². The van der Waals surface area contributed by atoms with Crippen LogP contribution in [-0.4, -0.2) is 71.1 Å². The molecule has 4 amide bonds. The van der Waals surface area contributed by atoms with Gasteiger partial charge in [0.2, 0.25) is 17.6 Å². The predicted octanol–water partition coefficient (Wildman–Crippen LogP) is 2.29. The van der Waals surface area contributed by atoms with Crippen LogP contribution in [0.5, 0.6) is 5.75 Å². The van der Waals surface area contributed by atoms with Crippen LogP contribution in [0.1, 0.15) is 37.8 Å². The zero-order chi connectivity index (χ0) is 30.5. The van der Waals surface area contributed by atoms with Crippen LogP contribution in [0, 0.1) is 17.8 Å². The Morgan fingerprint density at radius 2 is 1.95 bits per heavy atom. The Labute approximate surface area is 259 Å². The van der Waals surface area contributed by atoms with Crippen LogP contribution < -0.4 is 20.7 Å². The third-order valence-corrected chi connectivity index (χ3v) is 8.95. The van der Waals surface area contributed by atoms with Crippen LogP contribution >= 0.6 is 23.2 Å². The van der Waals surface area contributed by atoms with Crippen LogP contribution in [0.3, 0.4) is 0 Å². The average Bonchev–Trinajstić information content (AvgIpc) is 3.71. The Bertz CT molecular complexity index is 1390. The molecule has 3 aliphatic rings. The smallest absolute Gasteiger partial charge is 0.289 e. The van der Waals surface area contributed by atoms with E-state index in [1.54, 1.807) is 36.5 Å². The van der Waals surface area contributed by atoms with E-state index in [9.17, 15) is 24.0 Å². The lowest BCUT2D eigenvalue weighted by Gasteiger charge is -2.29. The highest BCUT2D eigenvalue weighted by atomic mass is 35.5. The molecule has 0 unspecified atom stereocenters. The van der Waals surface area contributed by atoms with Gasteiger partial charge in [-0.05, 0) is 67.9 Å². The van der Waals surface area contributed by atoms with E-state index in [1.807, 2.05) is 0 Å². The van der Waals surface area contributed by atoms with Crippen molar-refractivity contribution in [3.8, 4) is 5.75 Å². The summed E-state index contributed by atoms with van der Waals surface area (Å²) in [7, 11) is 0. The van der Waals surface area contributed by atoms with Gasteiger partial charge in [-0.15, -0.1) is 0 Å². The zero-order valence-corrected chi connectivity index (χ0v) is 24.9. The fourth-order valence-electron chi connectivity index (χ4n) is 6.27. The summed E-state index contributed by atoms with van der Waals surface area (Å²) in [4.78, 5) is 71.5. The third kappa shape index (κ3) is 7.27. The maximum Gasteiger partial charge on any atom is 0.289 e. The molecule has 43 heavy (non-hydrogen) atoms. The molecule has 1 aliphatic carbocycles. The quantitative estimate of drug-likeness (QED) is 0.323. The third-order valence-electron chi connectivity index (χ3n) is 8.42. The van der Waals surface area contributed by atoms with Gasteiger partial charge in [-0.25, -0.2) is 0 Å². The summed E-state index contributed by atoms with van der Waals surface area (Å²) < 4.78 is 5.66. The number of aromatic nitrogens is 1. The molecule has 0 radical (unpaired) electrons. The van der Waals surface area contributed by atoms with Gasteiger partial charge in [0.05, 0.1) is 23.3 Å². The van der Waals surface area contributed by atoms with Crippen molar-refractivity contribution in [1.29, 1.82) is 0 Å². The van der Waals surface area contributed by atoms with Crippen molar-refractivity contribution >= 4 is 52.6 Å². The Morgan fingerprint density at radius 1 is 1.12 bits per heavy atom. The number of amides is 4. The first-order valence-electron chi connectivity index (χ1n) is 14.4. The van der Waals surface area contributed by atoms with E-state index in [-0.39, 0.29) is 48.1 Å². The highest BCUT2D eigenvalue weighted by Gasteiger charge is 2.50. The fraction of sp³-hybridized carbons (Fsp3) is 0.467. The number of carbonyl (C=O) groups is 5. The molecule has 1 aromatic heterocycles. The molecule has 1 saturated carbocycles. The maximum absolute atomic E-state index is 13.9. The summed E-state index contributed by atoms with van der Waals surface area (Å²) in [5, 5.41) is 8.73. The summed E-state index contributed by atoms with van der Waals surface area (Å²) in [6.07, 6.45) is 4.59. The largest absolute Gasteiger partial charge is 0.482 e. The van der Waals surface area contributed by atoms with Crippen molar-refractivity contribution in [1.82, 2.24) is 25.8 Å². The highest BCUT2D eigenvalue weighted by Crippen LogP contribution is 2.42. The van der Waals surface area contributed by atoms with Crippen LogP contribution in [0.15, 0.2) is 42.6 Å². The number of ketones is 1. The summed E-state index contributed by atoms with van der Waals surface area (Å²) in [5.74, 6) is -3.10. The molecule has 13 heteroatoms. The fourth-order valence-corrected chi connectivity index (χ4v) is 6.74. The van der Waals surface area contributed by atoms with E-state index in [0.717, 1.165) is 19.3 Å². The maximum atomic E-state index is 13.9. The predicted molar refractivity (Wildman–Crippen MR) is 157 cm³/mol. The number of carbonyl (C=O) groups excluding carboxylic acids is 5. The minimum Gasteiger partial charge on any atom is -0.482 e. The average molecular weight is 631 g/mol. The number of pyridine rings is 1. The minimum atomic E-state index is -1.24. The van der Waals surface area contributed by atoms with Crippen LogP contribution in [0.2, 0.25) is 10.0 Å². The molecule has 2 aromatic rings. The van der Waals surface area contributed by atoms with Crippen molar-refractivity contribution in [3.63, 3.8) is 0 Å². The molecule has 0 spiro atoms. The Morgan fingerprint density at radius 3 is 2.67 bits per heavy atom. The molecule has 11 nitrogen and oxygen atoms in total. The number of hydrogen-bond acceptors (Lipinski definition) is 7. The first kappa shape index (κ1) is 30.7. The van der Waals surface area contributed by atoms with Crippen LogP contribution in [0.25, 0.3) is 0 Å². The van der Waals surface area contributed by atoms with Gasteiger partial charge in [-0.3, -0.25) is 29.0 Å². The number of hydrogen-bond donors (Lipinski definition) is 3. The van der Waals surface area contributed by atoms with E-state index >= 15 is 0 Å². The molecule has 2 aliphatic heterocycles. The van der Waals surface area contributed by atoms with Crippen molar-refractivity contribution in [2.75, 3.05) is 19.7 Å². The van der Waals surface area contributed by atoms with Gasteiger partial charge in [0.1, 0.15) is 11.8 Å². The summed E-state index contributed by atoms with van der Waals surface area (Å²) in [5.41, 5.74) is 0.564. The second-order valence-electron chi connectivity index (χ2n) is 11.2. The Kier molecular flexibility index (Phi) is 9.82. The molecule has 5 rings (SSSR count). The monoisotopic (exact) mass is 629 g/mol. The number of nitrogens with one attached hydrogen (secondary N) is 3. The molecule has 2 saturated heterocycles. The second kappa shape index (κ2) is 13.7. The van der Waals surface area contributed by atoms with Gasteiger partial charge in [0.25, 0.3) is 11.8 Å². The molecular weight excluding hydrogens is 597 g/mol. The molecular formula is C30H33Cl2N5O6. The second-order valence-corrected chi connectivity index (χ2v) is 12.0. The van der Waals surface area contributed by atoms with Gasteiger partial charge in [0, 0.05) is 30.2 Å². The lowest BCUT2D eigenvalue weighted by atomic mass is 9.91. The van der Waals surface area contributed by atoms with Crippen molar-refractivity contribution in [2.24, 2.45) is 17.8 Å². The van der Waals surface area contributed by atoms with Crippen molar-refractivity contribution < 1.29 is 28.7 Å². The first-order valence-corrected chi connectivity index (χ1v) is 15.1. The van der Waals surface area contributed by atoms with Crippen molar-refractivity contribution in [3.05, 3.63) is 58.3 Å². The van der Waals surface area contributed by atoms with E-state index in [0.29, 0.717) is 30.2 Å². The lowest BCUT2D eigenvalue weighted by Crippen LogP contribution is -2.55. The molecule has 3 heterocycles. The van der Waals surface area contributed by atoms with Crippen LogP contribution in [-0.2, 0) is 30.5 Å². The normalized spacial score (nSPS) is 23.3. The SMILES string of the molecule is O=C(NCc1ccccn1)C(=O)[C@H](C[C@@H]1CCNC1=O)NC(=O)[C@@H]1[C@H]2CCC[C@H]2CN1C(=O)COc1ccc(Cl)cc1Cl. The number of benzene rings is 1. The molecule has 3 fully saturated rings. The van der Waals surface area contributed by atoms with Crippen LogP contribution in [0.4, 0.5) is 0 Å². The Hall–Kier alpha value is -3.70. The van der Waals surface area contributed by atoms with Gasteiger partial charge >= 0.3 is 0 Å².